The zero-order valence-electron chi connectivity index (χ0n) is 14.0. The van der Waals surface area contributed by atoms with Gasteiger partial charge in [0.2, 0.25) is 0 Å². The number of fused-ring (bicyclic) bond motifs is 1. The molecule has 1 aliphatic rings. The van der Waals surface area contributed by atoms with Gasteiger partial charge in [0.25, 0.3) is 0 Å². The minimum Gasteiger partial charge on any atom is -0.492 e. The number of esters is 1. The Bertz CT molecular complexity index is 541. The Morgan fingerprint density at radius 3 is 2.88 bits per heavy atom. The van der Waals surface area contributed by atoms with Crippen LogP contribution in [0, 0.1) is 0 Å². The second kappa shape index (κ2) is 10.8. The lowest BCUT2D eigenvalue weighted by molar-refractivity contribution is -0.144. The van der Waals surface area contributed by atoms with Crippen LogP contribution in [0.2, 0.25) is 5.02 Å². The van der Waals surface area contributed by atoms with Crippen molar-refractivity contribution in [2.45, 2.75) is 38.6 Å². The third-order valence-electron chi connectivity index (χ3n) is 3.93. The Hall–Kier alpha value is -1.01. The van der Waals surface area contributed by atoms with Crippen LogP contribution in [0.15, 0.2) is 12.1 Å². The van der Waals surface area contributed by atoms with E-state index in [0.717, 1.165) is 31.7 Å². The number of carbonyl (C=O) groups excluding carboxylic acids is 1. The standard InChI is InChI=1S/C17H25ClN2O3.ClH/c1-2-22-17(21)15(19)4-3-11-23-16-13-8-10-20-9-7-12(13)5-6-14(16)18;/h5-6,15,20H,2-4,7-11,19H2,1H3;1H. The summed E-state index contributed by atoms with van der Waals surface area (Å²) in [6.07, 6.45) is 3.11. The Labute approximate surface area is 154 Å². The Balaban J connectivity index is 0.00000288. The molecule has 0 fully saturated rings. The summed E-state index contributed by atoms with van der Waals surface area (Å²) in [4.78, 5) is 11.5. The van der Waals surface area contributed by atoms with Crippen molar-refractivity contribution in [2.75, 3.05) is 26.3 Å². The Kier molecular flexibility index (Phi) is 9.44. The van der Waals surface area contributed by atoms with Crippen LogP contribution in [0.3, 0.4) is 0 Å². The molecular formula is C17H26Cl2N2O3. The topological polar surface area (TPSA) is 73.6 Å². The fourth-order valence-corrected chi connectivity index (χ4v) is 2.94. The van der Waals surface area contributed by atoms with E-state index in [9.17, 15) is 4.79 Å². The molecule has 0 spiro atoms. The van der Waals surface area contributed by atoms with E-state index in [1.54, 1.807) is 6.92 Å². The summed E-state index contributed by atoms with van der Waals surface area (Å²) in [5.74, 6) is 0.419. The molecule has 0 radical (unpaired) electrons. The average molecular weight is 377 g/mol. The molecule has 1 aliphatic heterocycles. The molecule has 1 heterocycles. The van der Waals surface area contributed by atoms with E-state index < -0.39 is 6.04 Å². The number of nitrogens with two attached hydrogens (primary N) is 1. The minimum absolute atomic E-state index is 0. The SMILES string of the molecule is CCOC(=O)C(N)CCCOc1c(Cl)ccc2c1CCNCC2.Cl. The van der Waals surface area contributed by atoms with Crippen molar-refractivity contribution >= 4 is 30.0 Å². The van der Waals surface area contributed by atoms with Crippen molar-refractivity contribution in [2.24, 2.45) is 5.73 Å². The number of halogens is 2. The summed E-state index contributed by atoms with van der Waals surface area (Å²) in [6.45, 7) is 4.51. The third kappa shape index (κ3) is 5.81. The van der Waals surface area contributed by atoms with Crippen LogP contribution in [0.1, 0.15) is 30.9 Å². The highest BCUT2D eigenvalue weighted by Gasteiger charge is 2.17. The van der Waals surface area contributed by atoms with E-state index in [2.05, 4.69) is 11.4 Å². The molecule has 1 aromatic rings. The monoisotopic (exact) mass is 376 g/mol. The van der Waals surface area contributed by atoms with Gasteiger partial charge >= 0.3 is 5.97 Å². The van der Waals surface area contributed by atoms with Crippen molar-refractivity contribution < 1.29 is 14.3 Å². The molecule has 0 amide bonds. The lowest BCUT2D eigenvalue weighted by Crippen LogP contribution is -2.32. The first kappa shape index (κ1) is 21.0. The predicted octanol–water partition coefficient (Wildman–Crippen LogP) is 2.50. The first-order chi connectivity index (χ1) is 11.1. The molecule has 3 N–H and O–H groups in total. The van der Waals surface area contributed by atoms with E-state index in [1.807, 2.05) is 6.07 Å². The lowest BCUT2D eigenvalue weighted by atomic mass is 10.0. The van der Waals surface area contributed by atoms with Crippen LogP contribution in [-0.4, -0.2) is 38.3 Å². The van der Waals surface area contributed by atoms with Crippen molar-refractivity contribution in [1.82, 2.24) is 5.32 Å². The summed E-state index contributed by atoms with van der Waals surface area (Å²) < 4.78 is 10.8. The molecule has 2 rings (SSSR count). The maximum atomic E-state index is 11.5. The molecule has 5 nitrogen and oxygen atoms in total. The average Bonchev–Trinajstić information content (AvgIpc) is 2.78. The second-order valence-electron chi connectivity index (χ2n) is 5.61. The Morgan fingerprint density at radius 2 is 2.12 bits per heavy atom. The highest BCUT2D eigenvalue weighted by atomic mass is 35.5. The molecular weight excluding hydrogens is 351 g/mol. The maximum absolute atomic E-state index is 11.5. The van der Waals surface area contributed by atoms with Gasteiger partial charge in [0, 0.05) is 5.56 Å². The van der Waals surface area contributed by atoms with Gasteiger partial charge in [-0.2, -0.15) is 0 Å². The van der Waals surface area contributed by atoms with Crippen LogP contribution in [0.5, 0.6) is 5.75 Å². The second-order valence-corrected chi connectivity index (χ2v) is 6.02. The maximum Gasteiger partial charge on any atom is 0.322 e. The largest absolute Gasteiger partial charge is 0.492 e. The van der Waals surface area contributed by atoms with E-state index in [1.165, 1.54) is 11.1 Å². The van der Waals surface area contributed by atoms with Gasteiger partial charge in [-0.3, -0.25) is 4.79 Å². The third-order valence-corrected chi connectivity index (χ3v) is 4.23. The summed E-state index contributed by atoms with van der Waals surface area (Å²) in [7, 11) is 0. The smallest absolute Gasteiger partial charge is 0.322 e. The van der Waals surface area contributed by atoms with Crippen molar-refractivity contribution in [3.63, 3.8) is 0 Å². The number of hydrogen-bond donors (Lipinski definition) is 2. The van der Waals surface area contributed by atoms with E-state index >= 15 is 0 Å². The van der Waals surface area contributed by atoms with Crippen LogP contribution < -0.4 is 15.8 Å². The fourth-order valence-electron chi connectivity index (χ4n) is 2.71. The summed E-state index contributed by atoms with van der Waals surface area (Å²) >= 11 is 6.30. The quantitative estimate of drug-likeness (QED) is 0.564. The van der Waals surface area contributed by atoms with E-state index in [4.69, 9.17) is 26.8 Å². The van der Waals surface area contributed by atoms with Crippen LogP contribution in [0.4, 0.5) is 0 Å². The van der Waals surface area contributed by atoms with Gasteiger partial charge in [0.15, 0.2) is 0 Å². The number of benzene rings is 1. The first-order valence-electron chi connectivity index (χ1n) is 8.19. The zero-order chi connectivity index (χ0) is 16.7. The molecule has 0 aromatic heterocycles. The number of rotatable bonds is 7. The van der Waals surface area contributed by atoms with Gasteiger partial charge < -0.3 is 20.5 Å². The number of nitrogens with one attached hydrogen (secondary N) is 1. The predicted molar refractivity (Wildman–Crippen MR) is 98.3 cm³/mol. The highest BCUT2D eigenvalue weighted by molar-refractivity contribution is 6.32. The number of ether oxygens (including phenoxy) is 2. The van der Waals surface area contributed by atoms with Gasteiger partial charge in [-0.05, 0) is 57.3 Å². The van der Waals surface area contributed by atoms with Crippen LogP contribution >= 0.6 is 24.0 Å². The molecule has 0 bridgehead atoms. The molecule has 1 aromatic carbocycles. The highest BCUT2D eigenvalue weighted by Crippen LogP contribution is 2.33. The number of carbonyl (C=O) groups is 1. The molecule has 24 heavy (non-hydrogen) atoms. The van der Waals surface area contributed by atoms with Crippen LogP contribution in [-0.2, 0) is 22.4 Å². The van der Waals surface area contributed by atoms with Gasteiger partial charge in [-0.15, -0.1) is 12.4 Å². The normalized spacial score (nSPS) is 14.8. The molecule has 1 unspecified atom stereocenters. The summed E-state index contributed by atoms with van der Waals surface area (Å²) in [6, 6.07) is 3.38. The van der Waals surface area contributed by atoms with E-state index in [0.29, 0.717) is 31.1 Å². The lowest BCUT2D eigenvalue weighted by Gasteiger charge is -2.16. The number of hydrogen-bond acceptors (Lipinski definition) is 5. The molecule has 0 saturated carbocycles. The summed E-state index contributed by atoms with van der Waals surface area (Å²) in [5.41, 5.74) is 8.26. The summed E-state index contributed by atoms with van der Waals surface area (Å²) in [5, 5.41) is 4.02. The first-order valence-corrected chi connectivity index (χ1v) is 8.57. The van der Waals surface area contributed by atoms with Gasteiger partial charge in [-0.25, -0.2) is 0 Å². The fraction of sp³-hybridized carbons (Fsp3) is 0.588. The molecule has 7 heteroatoms. The van der Waals surface area contributed by atoms with Crippen molar-refractivity contribution in [1.29, 1.82) is 0 Å². The van der Waals surface area contributed by atoms with E-state index in [-0.39, 0.29) is 18.4 Å². The Morgan fingerprint density at radius 1 is 1.38 bits per heavy atom. The van der Waals surface area contributed by atoms with Crippen LogP contribution in [0.25, 0.3) is 0 Å². The van der Waals surface area contributed by atoms with Gasteiger partial charge in [0.1, 0.15) is 11.8 Å². The molecule has 0 aliphatic carbocycles. The van der Waals surface area contributed by atoms with Gasteiger partial charge in [-0.1, -0.05) is 17.7 Å². The zero-order valence-corrected chi connectivity index (χ0v) is 15.5. The molecule has 0 saturated heterocycles. The van der Waals surface area contributed by atoms with Crippen molar-refractivity contribution in [3.8, 4) is 5.75 Å². The molecule has 136 valence electrons. The van der Waals surface area contributed by atoms with Crippen molar-refractivity contribution in [3.05, 3.63) is 28.3 Å². The van der Waals surface area contributed by atoms with Gasteiger partial charge in [0.05, 0.1) is 18.2 Å². The molecule has 1 atom stereocenters. The minimum atomic E-state index is -0.592.